The van der Waals surface area contributed by atoms with E-state index < -0.39 is 0 Å². The van der Waals surface area contributed by atoms with Crippen LogP contribution < -0.4 is 0 Å². The molecule has 4 heteroatoms. The number of phenols is 1. The maximum atomic E-state index is 12.3. The molecule has 1 aromatic carbocycles. The number of rotatable bonds is 4. The molecule has 0 aromatic heterocycles. The van der Waals surface area contributed by atoms with E-state index in [-0.39, 0.29) is 24.3 Å². The number of hydrogen-bond acceptors (Lipinski definition) is 3. The minimum Gasteiger partial charge on any atom is -0.508 e. The highest BCUT2D eigenvalue weighted by Crippen LogP contribution is 2.27. The van der Waals surface area contributed by atoms with E-state index in [9.17, 15) is 9.90 Å². The third kappa shape index (κ3) is 3.73. The number of aromatic hydroxyl groups is 1. The third-order valence-corrected chi connectivity index (χ3v) is 4.28. The highest BCUT2D eigenvalue weighted by molar-refractivity contribution is 5.79. The molecule has 0 aliphatic heterocycles. The van der Waals surface area contributed by atoms with Gasteiger partial charge in [-0.05, 0) is 49.3 Å². The van der Waals surface area contributed by atoms with E-state index in [1.807, 2.05) is 18.0 Å². The number of benzene rings is 1. The van der Waals surface area contributed by atoms with Crippen LogP contribution in [0.5, 0.6) is 5.75 Å². The summed E-state index contributed by atoms with van der Waals surface area (Å²) in [5.41, 5.74) is 0.839. The maximum absolute atomic E-state index is 12.3. The first-order chi connectivity index (χ1) is 9.60. The number of carbonyl (C=O) groups excluding carboxylic acids is 1. The fourth-order valence-corrected chi connectivity index (χ4v) is 2.88. The molecule has 4 nitrogen and oxygen atoms in total. The Kier molecular flexibility index (Phi) is 5.01. The number of aliphatic hydroxyl groups is 1. The first-order valence-corrected chi connectivity index (χ1v) is 7.24. The zero-order valence-corrected chi connectivity index (χ0v) is 12.0. The third-order valence-electron chi connectivity index (χ3n) is 4.28. The Morgan fingerprint density at radius 1 is 1.30 bits per heavy atom. The summed E-state index contributed by atoms with van der Waals surface area (Å²) in [6.45, 7) is 0.258. The van der Waals surface area contributed by atoms with Gasteiger partial charge in [-0.1, -0.05) is 12.1 Å². The summed E-state index contributed by atoms with van der Waals surface area (Å²) in [5.74, 6) is 0.685. The normalized spacial score (nSPS) is 22.5. The fraction of sp³-hybridized carbons (Fsp3) is 0.562. The van der Waals surface area contributed by atoms with Crippen LogP contribution in [0.3, 0.4) is 0 Å². The molecule has 2 N–H and O–H groups in total. The Bertz CT molecular complexity index is 453. The Labute approximate surface area is 120 Å². The molecule has 110 valence electrons. The Morgan fingerprint density at radius 3 is 2.60 bits per heavy atom. The van der Waals surface area contributed by atoms with Crippen molar-refractivity contribution in [2.75, 3.05) is 13.7 Å². The van der Waals surface area contributed by atoms with Gasteiger partial charge in [0.2, 0.25) is 5.91 Å². The van der Waals surface area contributed by atoms with Crippen molar-refractivity contribution in [1.82, 2.24) is 4.90 Å². The molecular formula is C16H23NO3. The molecule has 0 spiro atoms. The number of phenolic OH excluding ortho intramolecular Hbond substituents is 1. The highest BCUT2D eigenvalue weighted by atomic mass is 16.3. The lowest BCUT2D eigenvalue weighted by Gasteiger charge is -2.34. The number of likely N-dealkylation sites (N-methyl/N-ethyl adjacent to an activating group) is 1. The fourth-order valence-electron chi connectivity index (χ4n) is 2.88. The topological polar surface area (TPSA) is 60.8 Å². The Balaban J connectivity index is 1.89. The van der Waals surface area contributed by atoms with Crippen LogP contribution in [0.4, 0.5) is 0 Å². The zero-order chi connectivity index (χ0) is 14.5. The van der Waals surface area contributed by atoms with Crippen LogP contribution in [0.15, 0.2) is 24.3 Å². The van der Waals surface area contributed by atoms with Crippen molar-refractivity contribution < 1.29 is 15.0 Å². The van der Waals surface area contributed by atoms with Crippen LogP contribution in [0.25, 0.3) is 0 Å². The summed E-state index contributed by atoms with van der Waals surface area (Å²) >= 11 is 0. The van der Waals surface area contributed by atoms with E-state index in [0.717, 1.165) is 31.2 Å². The van der Waals surface area contributed by atoms with Gasteiger partial charge in [-0.25, -0.2) is 0 Å². The summed E-state index contributed by atoms with van der Waals surface area (Å²) in [6.07, 6.45) is 4.24. The van der Waals surface area contributed by atoms with Gasteiger partial charge >= 0.3 is 0 Å². The lowest BCUT2D eigenvalue weighted by molar-refractivity contribution is -0.132. The zero-order valence-electron chi connectivity index (χ0n) is 12.0. The molecule has 20 heavy (non-hydrogen) atoms. The number of nitrogens with zero attached hydrogens (tertiary/aromatic N) is 1. The molecule has 1 aromatic rings. The van der Waals surface area contributed by atoms with Gasteiger partial charge < -0.3 is 15.1 Å². The molecule has 2 rings (SSSR count). The van der Waals surface area contributed by atoms with E-state index in [2.05, 4.69) is 0 Å². The molecule has 0 heterocycles. The van der Waals surface area contributed by atoms with Gasteiger partial charge in [-0.15, -0.1) is 0 Å². The first kappa shape index (κ1) is 14.9. The molecule has 0 bridgehead atoms. The summed E-state index contributed by atoms with van der Waals surface area (Å²) in [7, 11) is 1.86. The quantitative estimate of drug-likeness (QED) is 0.884. The van der Waals surface area contributed by atoms with Gasteiger partial charge in [-0.3, -0.25) is 4.79 Å². The SMILES string of the molecule is CN(C(=O)Cc1cccc(O)c1)C1CCC(CO)CC1. The molecule has 1 amide bonds. The number of aliphatic hydroxyl groups excluding tert-OH is 1. The average molecular weight is 277 g/mol. The minimum atomic E-state index is 0.0862. The molecular weight excluding hydrogens is 254 g/mol. The molecule has 0 atom stereocenters. The Morgan fingerprint density at radius 2 is 2.00 bits per heavy atom. The molecule has 0 radical (unpaired) electrons. The number of carbonyl (C=O) groups is 1. The second kappa shape index (κ2) is 6.75. The van der Waals surface area contributed by atoms with Crippen LogP contribution in [-0.4, -0.2) is 40.7 Å². The van der Waals surface area contributed by atoms with Crippen molar-refractivity contribution >= 4 is 5.91 Å². The van der Waals surface area contributed by atoms with Crippen molar-refractivity contribution in [3.05, 3.63) is 29.8 Å². The second-order valence-corrected chi connectivity index (χ2v) is 5.71. The monoisotopic (exact) mass is 277 g/mol. The van der Waals surface area contributed by atoms with E-state index in [1.165, 1.54) is 0 Å². The second-order valence-electron chi connectivity index (χ2n) is 5.71. The largest absolute Gasteiger partial charge is 0.508 e. The minimum absolute atomic E-state index is 0.0862. The highest BCUT2D eigenvalue weighted by Gasteiger charge is 2.26. The van der Waals surface area contributed by atoms with Gasteiger partial charge in [0.1, 0.15) is 5.75 Å². The first-order valence-electron chi connectivity index (χ1n) is 7.24. The maximum Gasteiger partial charge on any atom is 0.226 e. The van der Waals surface area contributed by atoms with Gasteiger partial charge in [-0.2, -0.15) is 0 Å². The van der Waals surface area contributed by atoms with E-state index in [0.29, 0.717) is 12.3 Å². The molecule has 0 saturated heterocycles. The van der Waals surface area contributed by atoms with Crippen LogP contribution in [0, 0.1) is 5.92 Å². The summed E-state index contributed by atoms with van der Waals surface area (Å²) in [6, 6.07) is 7.13. The molecule has 1 aliphatic rings. The van der Waals surface area contributed by atoms with Gasteiger partial charge in [0.05, 0.1) is 6.42 Å². The van der Waals surface area contributed by atoms with Crippen LogP contribution in [0.2, 0.25) is 0 Å². The van der Waals surface area contributed by atoms with Crippen molar-refractivity contribution in [3.63, 3.8) is 0 Å². The van der Waals surface area contributed by atoms with Gasteiger partial charge in [0.15, 0.2) is 0 Å². The Hall–Kier alpha value is -1.55. The smallest absolute Gasteiger partial charge is 0.226 e. The molecule has 0 unspecified atom stereocenters. The molecule has 1 aliphatic carbocycles. The number of amides is 1. The van der Waals surface area contributed by atoms with Crippen molar-refractivity contribution in [1.29, 1.82) is 0 Å². The van der Waals surface area contributed by atoms with E-state index in [4.69, 9.17) is 5.11 Å². The molecule has 1 saturated carbocycles. The summed E-state index contributed by atoms with van der Waals surface area (Å²) < 4.78 is 0. The van der Waals surface area contributed by atoms with Crippen molar-refractivity contribution in [2.45, 2.75) is 38.1 Å². The predicted octanol–water partition coefficient (Wildman–Crippen LogP) is 1.94. The van der Waals surface area contributed by atoms with Gasteiger partial charge in [0, 0.05) is 19.7 Å². The summed E-state index contributed by atoms with van der Waals surface area (Å²) in [5, 5.41) is 18.6. The summed E-state index contributed by atoms with van der Waals surface area (Å²) in [4.78, 5) is 14.1. The lowest BCUT2D eigenvalue weighted by Crippen LogP contribution is -2.40. The van der Waals surface area contributed by atoms with E-state index >= 15 is 0 Å². The predicted molar refractivity (Wildman–Crippen MR) is 77.4 cm³/mol. The van der Waals surface area contributed by atoms with Crippen molar-refractivity contribution in [2.24, 2.45) is 5.92 Å². The number of hydrogen-bond donors (Lipinski definition) is 2. The van der Waals surface area contributed by atoms with Crippen LogP contribution >= 0.6 is 0 Å². The van der Waals surface area contributed by atoms with Crippen LogP contribution in [-0.2, 0) is 11.2 Å². The molecule has 1 fully saturated rings. The standard InChI is InChI=1S/C16H23NO3/c1-17(14-7-5-12(11-18)6-8-14)16(20)10-13-3-2-4-15(19)9-13/h2-4,9,12,14,18-19H,5-8,10-11H2,1H3. The van der Waals surface area contributed by atoms with Gasteiger partial charge in [0.25, 0.3) is 0 Å². The van der Waals surface area contributed by atoms with Crippen LogP contribution in [0.1, 0.15) is 31.2 Å². The lowest BCUT2D eigenvalue weighted by atomic mass is 9.86. The van der Waals surface area contributed by atoms with Crippen molar-refractivity contribution in [3.8, 4) is 5.75 Å². The average Bonchev–Trinajstić information content (AvgIpc) is 2.46. The van der Waals surface area contributed by atoms with E-state index in [1.54, 1.807) is 18.2 Å².